The predicted octanol–water partition coefficient (Wildman–Crippen LogP) is 2.19. The first-order valence-electron chi connectivity index (χ1n) is 11.1. The Hall–Kier alpha value is -3.23. The van der Waals surface area contributed by atoms with E-state index in [1.54, 1.807) is 38.1 Å². The van der Waals surface area contributed by atoms with E-state index < -0.39 is 42.0 Å². The highest BCUT2D eigenvalue weighted by Gasteiger charge is 2.33. The zero-order chi connectivity index (χ0) is 24.4. The standard InChI is InChI=1S/C25H33N3O5/c1-16(2)22(29)21(24(31)27-19-12-8-5-9-13-19)28-23(30)20(26-17(3)25(32)33)15-14-18-10-6-4-7-11-18/h4-13,16-17,20-22,26,29H,14-15H2,1-3H3,(H,27,31)(H,28,30)(H,32,33)/t17-,20+,21+,22+/m1/s1. The van der Waals surface area contributed by atoms with Crippen molar-refractivity contribution in [3.63, 3.8) is 0 Å². The highest BCUT2D eigenvalue weighted by Crippen LogP contribution is 2.13. The molecule has 2 aromatic rings. The first-order chi connectivity index (χ1) is 15.7. The second kappa shape index (κ2) is 12.7. The average Bonchev–Trinajstić information content (AvgIpc) is 2.80. The number of carbonyl (C=O) groups is 3. The molecule has 178 valence electrons. The number of aliphatic hydroxyl groups is 1. The van der Waals surface area contributed by atoms with Crippen molar-refractivity contribution in [3.8, 4) is 0 Å². The number of anilines is 1. The maximum atomic E-state index is 13.2. The van der Waals surface area contributed by atoms with Crippen molar-refractivity contribution in [3.05, 3.63) is 66.2 Å². The molecular weight excluding hydrogens is 422 g/mol. The third kappa shape index (κ3) is 8.32. The highest BCUT2D eigenvalue weighted by molar-refractivity contribution is 5.98. The number of para-hydroxylation sites is 1. The van der Waals surface area contributed by atoms with E-state index in [0.717, 1.165) is 5.56 Å². The molecule has 8 nitrogen and oxygen atoms in total. The maximum Gasteiger partial charge on any atom is 0.320 e. The number of carboxylic acid groups (broad SMARTS) is 1. The lowest BCUT2D eigenvalue weighted by Crippen LogP contribution is -2.58. The lowest BCUT2D eigenvalue weighted by atomic mass is 9.97. The number of amides is 2. The van der Waals surface area contributed by atoms with E-state index in [0.29, 0.717) is 18.5 Å². The molecular formula is C25H33N3O5. The molecule has 8 heteroatoms. The van der Waals surface area contributed by atoms with Crippen molar-refractivity contribution in [1.82, 2.24) is 10.6 Å². The summed E-state index contributed by atoms with van der Waals surface area (Å²) >= 11 is 0. The molecule has 0 radical (unpaired) electrons. The van der Waals surface area contributed by atoms with Gasteiger partial charge in [-0.2, -0.15) is 0 Å². The van der Waals surface area contributed by atoms with Crippen molar-refractivity contribution in [2.45, 2.75) is 57.8 Å². The van der Waals surface area contributed by atoms with Crippen molar-refractivity contribution in [2.24, 2.45) is 5.92 Å². The zero-order valence-electron chi connectivity index (χ0n) is 19.2. The van der Waals surface area contributed by atoms with Gasteiger partial charge in [0.05, 0.1) is 12.1 Å². The van der Waals surface area contributed by atoms with Gasteiger partial charge in [-0.15, -0.1) is 0 Å². The van der Waals surface area contributed by atoms with Crippen LogP contribution in [0.5, 0.6) is 0 Å². The molecule has 0 heterocycles. The molecule has 0 aliphatic rings. The van der Waals surface area contributed by atoms with Gasteiger partial charge in [-0.25, -0.2) is 0 Å². The minimum Gasteiger partial charge on any atom is -0.480 e. The van der Waals surface area contributed by atoms with Gasteiger partial charge in [-0.3, -0.25) is 19.7 Å². The number of carbonyl (C=O) groups excluding carboxylic acids is 2. The summed E-state index contributed by atoms with van der Waals surface area (Å²) in [5.74, 6) is -2.49. The summed E-state index contributed by atoms with van der Waals surface area (Å²) in [7, 11) is 0. The molecule has 5 N–H and O–H groups in total. The molecule has 0 aliphatic carbocycles. The van der Waals surface area contributed by atoms with Crippen LogP contribution in [0.4, 0.5) is 5.69 Å². The van der Waals surface area contributed by atoms with Crippen LogP contribution < -0.4 is 16.0 Å². The first kappa shape index (κ1) is 26.0. The monoisotopic (exact) mass is 455 g/mol. The number of hydrogen-bond donors (Lipinski definition) is 5. The molecule has 0 aliphatic heterocycles. The first-order valence-corrected chi connectivity index (χ1v) is 11.1. The van der Waals surface area contributed by atoms with Gasteiger partial charge in [-0.05, 0) is 43.4 Å². The summed E-state index contributed by atoms with van der Waals surface area (Å²) < 4.78 is 0. The Morgan fingerprint density at radius 2 is 1.45 bits per heavy atom. The molecule has 0 aromatic heterocycles. The average molecular weight is 456 g/mol. The Balaban J connectivity index is 2.18. The molecule has 0 unspecified atom stereocenters. The SMILES string of the molecule is CC(C)[C@H](O)[C@H](NC(=O)[C@H](CCc1ccccc1)N[C@H](C)C(=O)O)C(=O)Nc1ccccc1. The van der Waals surface area contributed by atoms with Crippen LogP contribution in [0.2, 0.25) is 0 Å². The van der Waals surface area contributed by atoms with Gasteiger partial charge >= 0.3 is 5.97 Å². The highest BCUT2D eigenvalue weighted by atomic mass is 16.4. The van der Waals surface area contributed by atoms with Gasteiger partial charge < -0.3 is 20.8 Å². The number of aryl methyl sites for hydroxylation is 1. The van der Waals surface area contributed by atoms with Gasteiger partial charge in [0.25, 0.3) is 0 Å². The minimum atomic E-state index is -1.21. The van der Waals surface area contributed by atoms with E-state index in [2.05, 4.69) is 16.0 Å². The number of carboxylic acids is 1. The topological polar surface area (TPSA) is 128 Å². The number of aliphatic hydroxyl groups excluding tert-OH is 1. The number of aliphatic carboxylic acids is 1. The third-order valence-electron chi connectivity index (χ3n) is 5.35. The summed E-state index contributed by atoms with van der Waals surface area (Å²) in [5, 5.41) is 28.1. The zero-order valence-corrected chi connectivity index (χ0v) is 19.2. The maximum absolute atomic E-state index is 13.2. The van der Waals surface area contributed by atoms with Gasteiger partial charge in [0.1, 0.15) is 12.1 Å². The normalized spacial score (nSPS) is 14.7. The fourth-order valence-corrected chi connectivity index (χ4v) is 3.31. The van der Waals surface area contributed by atoms with Gasteiger partial charge in [0, 0.05) is 5.69 Å². The van der Waals surface area contributed by atoms with E-state index in [1.165, 1.54) is 6.92 Å². The summed E-state index contributed by atoms with van der Waals surface area (Å²) in [6, 6.07) is 15.2. The van der Waals surface area contributed by atoms with E-state index in [9.17, 15) is 24.6 Å². The molecule has 0 saturated carbocycles. The quantitative estimate of drug-likeness (QED) is 0.334. The molecule has 33 heavy (non-hydrogen) atoms. The summed E-state index contributed by atoms with van der Waals surface area (Å²) in [6.45, 7) is 4.95. The van der Waals surface area contributed by atoms with Crippen LogP contribution in [-0.4, -0.2) is 52.2 Å². The van der Waals surface area contributed by atoms with E-state index in [1.807, 2.05) is 36.4 Å². The Bertz CT molecular complexity index is 905. The van der Waals surface area contributed by atoms with E-state index in [4.69, 9.17) is 0 Å². The number of rotatable bonds is 12. The van der Waals surface area contributed by atoms with Gasteiger partial charge in [0.15, 0.2) is 0 Å². The summed E-state index contributed by atoms with van der Waals surface area (Å²) in [5.41, 5.74) is 1.54. The second-order valence-corrected chi connectivity index (χ2v) is 8.38. The second-order valence-electron chi connectivity index (χ2n) is 8.38. The van der Waals surface area contributed by atoms with Crippen molar-refractivity contribution >= 4 is 23.5 Å². The molecule has 4 atom stereocenters. The Morgan fingerprint density at radius 1 is 0.879 bits per heavy atom. The Morgan fingerprint density at radius 3 is 2.00 bits per heavy atom. The molecule has 2 amide bonds. The van der Waals surface area contributed by atoms with Crippen molar-refractivity contribution < 1.29 is 24.6 Å². The molecule has 0 bridgehead atoms. The fraction of sp³-hybridized carbons (Fsp3) is 0.400. The lowest BCUT2D eigenvalue weighted by Gasteiger charge is -2.28. The Labute approximate surface area is 194 Å². The number of benzene rings is 2. The van der Waals surface area contributed by atoms with Crippen molar-refractivity contribution in [2.75, 3.05) is 5.32 Å². The summed E-state index contributed by atoms with van der Waals surface area (Å²) in [4.78, 5) is 37.4. The molecule has 0 saturated heterocycles. The van der Waals surface area contributed by atoms with Gasteiger partial charge in [-0.1, -0.05) is 62.4 Å². The molecule has 2 aromatic carbocycles. The van der Waals surface area contributed by atoms with Crippen LogP contribution in [0.15, 0.2) is 60.7 Å². The van der Waals surface area contributed by atoms with Crippen LogP contribution in [0.1, 0.15) is 32.8 Å². The van der Waals surface area contributed by atoms with E-state index in [-0.39, 0.29) is 5.92 Å². The van der Waals surface area contributed by atoms with Crippen LogP contribution in [0.25, 0.3) is 0 Å². The van der Waals surface area contributed by atoms with E-state index >= 15 is 0 Å². The lowest BCUT2D eigenvalue weighted by molar-refractivity contribution is -0.139. The smallest absolute Gasteiger partial charge is 0.320 e. The minimum absolute atomic E-state index is 0.300. The fourth-order valence-electron chi connectivity index (χ4n) is 3.31. The van der Waals surface area contributed by atoms with Crippen LogP contribution in [-0.2, 0) is 20.8 Å². The largest absolute Gasteiger partial charge is 0.480 e. The van der Waals surface area contributed by atoms with Crippen LogP contribution >= 0.6 is 0 Å². The number of hydrogen-bond acceptors (Lipinski definition) is 5. The molecule has 0 fully saturated rings. The molecule has 2 rings (SSSR count). The predicted molar refractivity (Wildman–Crippen MR) is 127 cm³/mol. The van der Waals surface area contributed by atoms with Crippen LogP contribution in [0, 0.1) is 5.92 Å². The number of nitrogens with one attached hydrogen (secondary N) is 3. The van der Waals surface area contributed by atoms with Gasteiger partial charge in [0.2, 0.25) is 11.8 Å². The van der Waals surface area contributed by atoms with Crippen LogP contribution in [0.3, 0.4) is 0 Å². The summed E-state index contributed by atoms with van der Waals surface area (Å²) in [6.07, 6.45) is -0.284. The Kier molecular flexibility index (Phi) is 10.0. The third-order valence-corrected chi connectivity index (χ3v) is 5.35. The molecule has 0 spiro atoms. The van der Waals surface area contributed by atoms with Crippen molar-refractivity contribution in [1.29, 1.82) is 0 Å².